The Balaban J connectivity index is 2.02. The molecule has 1 aromatic rings. The third-order valence-electron chi connectivity index (χ3n) is 2.87. The highest BCUT2D eigenvalue weighted by atomic mass is 79.9. The maximum Gasteiger partial charge on any atom is 0.279 e. The highest BCUT2D eigenvalue weighted by Crippen LogP contribution is 2.15. The van der Waals surface area contributed by atoms with Gasteiger partial charge in [-0.15, -0.1) is 0 Å². The van der Waals surface area contributed by atoms with Gasteiger partial charge in [-0.1, -0.05) is 15.9 Å². The Morgan fingerprint density at radius 1 is 1.37 bits per heavy atom. The van der Waals surface area contributed by atoms with Crippen molar-refractivity contribution in [3.63, 3.8) is 0 Å². The number of benzene rings is 1. The molecule has 0 unspecified atom stereocenters. The van der Waals surface area contributed by atoms with Crippen molar-refractivity contribution in [1.82, 2.24) is 14.3 Å². The topological polar surface area (TPSA) is 61.4 Å². The summed E-state index contributed by atoms with van der Waals surface area (Å²) in [7, 11) is -3.55. The van der Waals surface area contributed by atoms with E-state index in [-0.39, 0.29) is 6.54 Å². The van der Waals surface area contributed by atoms with Gasteiger partial charge in [0, 0.05) is 42.8 Å². The molecule has 0 aromatic heterocycles. The Hall–Kier alpha value is -0.540. The quantitative estimate of drug-likeness (QED) is 0.844. The molecule has 8 heteroatoms. The molecule has 0 spiro atoms. The fourth-order valence-corrected chi connectivity index (χ4v) is 3.42. The van der Waals surface area contributed by atoms with Crippen LogP contribution >= 0.6 is 15.9 Å². The molecule has 19 heavy (non-hydrogen) atoms. The molecule has 0 aliphatic carbocycles. The summed E-state index contributed by atoms with van der Waals surface area (Å²) < 4.78 is 42.0. The summed E-state index contributed by atoms with van der Waals surface area (Å²) in [4.78, 5) is 0. The summed E-state index contributed by atoms with van der Waals surface area (Å²) in [5.74, 6) is -0.425. The Morgan fingerprint density at radius 3 is 2.74 bits per heavy atom. The monoisotopic (exact) mass is 351 g/mol. The molecular weight excluding hydrogens is 337 g/mol. The number of rotatable bonds is 4. The van der Waals surface area contributed by atoms with Gasteiger partial charge < -0.3 is 5.32 Å². The SMILES string of the molecule is O=S(=O)(NCc1cc(Br)ccc1F)N1CCNCC1. The first-order valence-electron chi connectivity index (χ1n) is 5.88. The van der Waals surface area contributed by atoms with Gasteiger partial charge in [0.15, 0.2) is 0 Å². The van der Waals surface area contributed by atoms with Crippen molar-refractivity contribution in [2.24, 2.45) is 0 Å². The van der Waals surface area contributed by atoms with Crippen LogP contribution in [0.5, 0.6) is 0 Å². The summed E-state index contributed by atoms with van der Waals surface area (Å²) in [5.41, 5.74) is 0.313. The van der Waals surface area contributed by atoms with E-state index in [0.29, 0.717) is 36.2 Å². The summed E-state index contributed by atoms with van der Waals surface area (Å²) in [6.45, 7) is 2.06. The zero-order valence-corrected chi connectivity index (χ0v) is 12.6. The molecule has 1 aliphatic rings. The lowest BCUT2D eigenvalue weighted by Gasteiger charge is -2.26. The van der Waals surface area contributed by atoms with Crippen molar-refractivity contribution in [2.45, 2.75) is 6.54 Å². The zero-order chi connectivity index (χ0) is 13.9. The van der Waals surface area contributed by atoms with Crippen LogP contribution in [-0.4, -0.2) is 38.9 Å². The van der Waals surface area contributed by atoms with E-state index in [9.17, 15) is 12.8 Å². The minimum absolute atomic E-state index is 0.0580. The largest absolute Gasteiger partial charge is 0.314 e. The molecule has 2 rings (SSSR count). The maximum absolute atomic E-state index is 13.5. The molecule has 5 nitrogen and oxygen atoms in total. The minimum atomic E-state index is -3.55. The van der Waals surface area contributed by atoms with Crippen molar-refractivity contribution >= 4 is 26.1 Å². The van der Waals surface area contributed by atoms with Gasteiger partial charge >= 0.3 is 0 Å². The van der Waals surface area contributed by atoms with Gasteiger partial charge in [-0.05, 0) is 18.2 Å². The average Bonchev–Trinajstić information content (AvgIpc) is 2.41. The Kier molecular flexibility index (Phi) is 4.91. The molecule has 0 amide bonds. The van der Waals surface area contributed by atoms with Crippen LogP contribution in [0.4, 0.5) is 4.39 Å². The molecule has 0 bridgehead atoms. The van der Waals surface area contributed by atoms with Gasteiger partial charge in [0.25, 0.3) is 10.2 Å². The molecule has 0 radical (unpaired) electrons. The molecule has 1 aliphatic heterocycles. The predicted molar refractivity (Wildman–Crippen MR) is 74.3 cm³/mol. The normalized spacial score (nSPS) is 17.6. The molecule has 0 saturated carbocycles. The number of halogens is 2. The summed E-state index contributed by atoms with van der Waals surface area (Å²) in [6.07, 6.45) is 0. The van der Waals surface area contributed by atoms with Gasteiger partial charge in [-0.25, -0.2) is 4.39 Å². The molecule has 1 heterocycles. The van der Waals surface area contributed by atoms with Crippen LogP contribution in [0.3, 0.4) is 0 Å². The Morgan fingerprint density at radius 2 is 2.05 bits per heavy atom. The van der Waals surface area contributed by atoms with E-state index in [1.807, 2.05) is 0 Å². The lowest BCUT2D eigenvalue weighted by atomic mass is 10.2. The van der Waals surface area contributed by atoms with Crippen molar-refractivity contribution in [3.05, 3.63) is 34.1 Å². The first-order chi connectivity index (χ1) is 8.99. The van der Waals surface area contributed by atoms with Gasteiger partial charge in [0.2, 0.25) is 0 Å². The van der Waals surface area contributed by atoms with Gasteiger partial charge in [-0.3, -0.25) is 0 Å². The Labute approximate surface area is 120 Å². The molecule has 2 N–H and O–H groups in total. The smallest absolute Gasteiger partial charge is 0.279 e. The van der Waals surface area contributed by atoms with E-state index in [4.69, 9.17) is 0 Å². The van der Waals surface area contributed by atoms with Crippen LogP contribution in [0.25, 0.3) is 0 Å². The second-order valence-electron chi connectivity index (χ2n) is 4.21. The van der Waals surface area contributed by atoms with Crippen molar-refractivity contribution < 1.29 is 12.8 Å². The molecule has 0 atom stereocenters. The van der Waals surface area contributed by atoms with E-state index in [1.165, 1.54) is 10.4 Å². The van der Waals surface area contributed by atoms with Crippen LogP contribution in [0.15, 0.2) is 22.7 Å². The van der Waals surface area contributed by atoms with Crippen LogP contribution in [0.2, 0.25) is 0 Å². The lowest BCUT2D eigenvalue weighted by molar-refractivity contribution is 0.354. The summed E-state index contributed by atoms with van der Waals surface area (Å²) in [5, 5.41) is 3.08. The number of nitrogens with one attached hydrogen (secondary N) is 2. The summed E-state index contributed by atoms with van der Waals surface area (Å²) >= 11 is 3.23. The van der Waals surface area contributed by atoms with Crippen LogP contribution in [-0.2, 0) is 16.8 Å². The maximum atomic E-state index is 13.5. The highest BCUT2D eigenvalue weighted by molar-refractivity contribution is 9.10. The first-order valence-corrected chi connectivity index (χ1v) is 8.12. The predicted octanol–water partition coefficient (Wildman–Crippen LogP) is 0.828. The fraction of sp³-hybridized carbons (Fsp3) is 0.455. The minimum Gasteiger partial charge on any atom is -0.314 e. The third-order valence-corrected chi connectivity index (χ3v) is 4.92. The first kappa shape index (κ1) is 14.9. The number of hydrogen-bond acceptors (Lipinski definition) is 3. The van der Waals surface area contributed by atoms with Gasteiger partial charge in [0.05, 0.1) is 0 Å². The fourth-order valence-electron chi connectivity index (χ4n) is 1.82. The van der Waals surface area contributed by atoms with Gasteiger partial charge in [0.1, 0.15) is 5.82 Å². The lowest BCUT2D eigenvalue weighted by Crippen LogP contribution is -2.50. The molecule has 1 fully saturated rings. The van der Waals surface area contributed by atoms with Gasteiger partial charge in [-0.2, -0.15) is 17.4 Å². The van der Waals surface area contributed by atoms with Crippen molar-refractivity contribution in [2.75, 3.05) is 26.2 Å². The highest BCUT2D eigenvalue weighted by Gasteiger charge is 2.23. The number of nitrogens with zero attached hydrogens (tertiary/aromatic N) is 1. The molecule has 106 valence electrons. The number of piperazine rings is 1. The molecular formula is C11H15BrFN3O2S. The van der Waals surface area contributed by atoms with E-state index in [0.717, 1.165) is 0 Å². The standard InChI is InChI=1S/C11H15BrFN3O2S/c12-10-1-2-11(13)9(7-10)8-15-19(17,18)16-5-3-14-4-6-16/h1-2,7,14-15H,3-6,8H2. The van der Waals surface area contributed by atoms with Crippen LogP contribution in [0, 0.1) is 5.82 Å². The third kappa shape index (κ3) is 3.96. The van der Waals surface area contributed by atoms with Crippen molar-refractivity contribution in [3.8, 4) is 0 Å². The van der Waals surface area contributed by atoms with E-state index >= 15 is 0 Å². The summed E-state index contributed by atoms with van der Waals surface area (Å²) in [6, 6.07) is 4.44. The second-order valence-corrected chi connectivity index (χ2v) is 6.88. The van der Waals surface area contributed by atoms with Crippen LogP contribution < -0.4 is 10.0 Å². The van der Waals surface area contributed by atoms with Crippen LogP contribution in [0.1, 0.15) is 5.56 Å². The molecule has 1 aromatic carbocycles. The van der Waals surface area contributed by atoms with E-state index in [1.54, 1.807) is 12.1 Å². The van der Waals surface area contributed by atoms with Crippen molar-refractivity contribution in [1.29, 1.82) is 0 Å². The van der Waals surface area contributed by atoms with E-state index in [2.05, 4.69) is 26.0 Å². The second kappa shape index (κ2) is 6.27. The zero-order valence-electron chi connectivity index (χ0n) is 10.2. The molecule has 1 saturated heterocycles. The average molecular weight is 352 g/mol. The Bertz CT molecular complexity index is 547. The number of hydrogen-bond donors (Lipinski definition) is 2. The van der Waals surface area contributed by atoms with E-state index < -0.39 is 16.0 Å².